The predicted molar refractivity (Wildman–Crippen MR) is 491 cm³/mol. The number of unbranched alkanes of at least 4 members (excludes halogenated alkanes) is 65. The van der Waals surface area contributed by atoms with Crippen LogP contribution >= 0.6 is 23.5 Å². The molecule has 0 radical (unpaired) electrons. The molecule has 0 rings (SSSR count). The fourth-order valence-electron chi connectivity index (χ4n) is 14.2. The second kappa shape index (κ2) is 88.5. The molecule has 0 aliphatic heterocycles. The smallest absolute Gasteiger partial charge is 0.275 e. The van der Waals surface area contributed by atoms with Crippen LogP contribution in [0.2, 0.25) is 0 Å². The van der Waals surface area contributed by atoms with E-state index in [2.05, 4.69) is 149 Å². The molecule has 113 heavy (non-hydrogen) atoms. The van der Waals surface area contributed by atoms with Gasteiger partial charge in [-0.25, -0.2) is 0 Å². The molecule has 690 valence electrons. The van der Waals surface area contributed by atoms with E-state index in [9.17, 15) is 38.2 Å². The molecule has 15 nitrogen and oxygen atoms in total. The first kappa shape index (κ1) is 124. The van der Waals surface area contributed by atoms with Crippen LogP contribution in [0.1, 0.15) is 484 Å². The molecular formula is C95H210N5O10P3. The van der Waals surface area contributed by atoms with E-state index in [-0.39, 0.29) is 0 Å². The fourth-order valence-corrected chi connectivity index (χ4v) is 16.5. The van der Waals surface area contributed by atoms with E-state index in [4.69, 9.17) is 0 Å². The lowest BCUT2D eigenvalue weighted by molar-refractivity contribution is -0.870. The van der Waals surface area contributed by atoms with Crippen molar-refractivity contribution in [2.24, 2.45) is 0 Å². The molecule has 0 unspecified atom stereocenters. The molecule has 18 heteroatoms. The highest BCUT2D eigenvalue weighted by molar-refractivity contribution is 7.64. The standard InChI is InChI=1S/5C19H42N.H5O10P3/c5*1-5-6-7-8-9-10-11-12-13-14-15-16-17-18-19-20(2,3)4;1-11(2,3)9-13(7,8)10-12(4,5)6/h5*5-19H2,1-4H3;(H,7,8)(H2,1,2,3)(H2,4,5,6)/q5*+1;/p-5. The first-order valence-electron chi connectivity index (χ1n) is 49.0. The quantitative estimate of drug-likeness (QED) is 0.0322. The normalized spacial score (nSPS) is 12.3. The van der Waals surface area contributed by atoms with Crippen LogP contribution in [0, 0.1) is 0 Å². The van der Waals surface area contributed by atoms with Crippen LogP contribution in [0.5, 0.6) is 0 Å². The highest BCUT2D eigenvalue weighted by atomic mass is 31.3. The predicted octanol–water partition coefficient (Wildman–Crippen LogP) is 27.0. The lowest BCUT2D eigenvalue weighted by atomic mass is 10.0. The van der Waals surface area contributed by atoms with Crippen LogP contribution in [0.25, 0.3) is 0 Å². The molecule has 0 saturated heterocycles. The van der Waals surface area contributed by atoms with Gasteiger partial charge in [0, 0.05) is 0 Å². The third-order valence-electron chi connectivity index (χ3n) is 21.3. The van der Waals surface area contributed by atoms with Crippen molar-refractivity contribution in [3.8, 4) is 0 Å². The number of quaternary nitrogens is 5. The van der Waals surface area contributed by atoms with Gasteiger partial charge in [0.15, 0.2) is 0 Å². The number of rotatable bonds is 79. The van der Waals surface area contributed by atoms with Crippen LogP contribution in [-0.2, 0) is 22.3 Å². The summed E-state index contributed by atoms with van der Waals surface area (Å²) in [5.41, 5.74) is 0. The summed E-state index contributed by atoms with van der Waals surface area (Å²) in [7, 11) is 16.5. The molecule has 0 aromatic carbocycles. The Kier molecular flexibility index (Phi) is 97.1. The van der Waals surface area contributed by atoms with E-state index < -0.39 is 23.5 Å². The number of hydrogen-bond acceptors (Lipinski definition) is 10. The molecule has 0 aliphatic rings. The number of nitrogens with zero attached hydrogens (tertiary/aromatic N) is 5. The average Bonchev–Trinajstić information content (AvgIpc) is 0.858. The minimum atomic E-state index is -5.97. The Bertz CT molecular complexity index is 1690. The van der Waals surface area contributed by atoms with Crippen LogP contribution < -0.4 is 24.5 Å². The van der Waals surface area contributed by atoms with Gasteiger partial charge in [-0.3, -0.25) is 13.2 Å². The Morgan fingerprint density at radius 2 is 0.239 bits per heavy atom. The summed E-state index contributed by atoms with van der Waals surface area (Å²) in [4.78, 5) is 48.6. The molecule has 0 atom stereocenters. The third-order valence-corrected chi connectivity index (χ3v) is 24.5. The van der Waals surface area contributed by atoms with Crippen LogP contribution in [0.15, 0.2) is 0 Å². The van der Waals surface area contributed by atoms with Gasteiger partial charge >= 0.3 is 0 Å². The monoisotopic (exact) mass is 1670 g/mol. The lowest BCUT2D eigenvalue weighted by Crippen LogP contribution is -2.35. The zero-order valence-corrected chi connectivity index (χ0v) is 83.4. The SMILES string of the molecule is CCCCCCCCCCCCCCCC[N+](C)(C)C.CCCCCCCCCCCCCCCC[N+](C)(C)C.CCCCCCCCCCCCCCCC[N+](C)(C)C.CCCCCCCCCCCCCCCC[N+](C)(C)C.CCCCCCCCCCCCCCCC[N+](C)(C)C.O=P([O-])([O-])OP(=O)([O-])OP(=O)([O-])[O-]. The molecule has 0 spiro atoms. The fraction of sp³-hybridized carbons (Fsp3) is 1.00. The Balaban J connectivity index is -0.000000305. The van der Waals surface area contributed by atoms with Crippen LogP contribution in [-0.4, -0.2) is 161 Å². The molecule has 0 amide bonds. The van der Waals surface area contributed by atoms with Crippen LogP contribution in [0.3, 0.4) is 0 Å². The van der Waals surface area contributed by atoms with Crippen LogP contribution in [0.4, 0.5) is 0 Å². The highest BCUT2D eigenvalue weighted by Crippen LogP contribution is 2.57. The maximum Gasteiger partial charge on any atom is 0.275 e. The molecule has 0 aliphatic carbocycles. The second-order valence-corrected chi connectivity index (χ2v) is 43.5. The van der Waals surface area contributed by atoms with Crippen molar-refractivity contribution in [3.63, 3.8) is 0 Å². The maximum atomic E-state index is 10.1. The van der Waals surface area contributed by atoms with Gasteiger partial charge < -0.3 is 56.0 Å². The van der Waals surface area contributed by atoms with Gasteiger partial charge in [0.2, 0.25) is 0 Å². The van der Waals surface area contributed by atoms with E-state index in [0.29, 0.717) is 0 Å². The van der Waals surface area contributed by atoms with Gasteiger partial charge in [-0.2, -0.15) is 0 Å². The summed E-state index contributed by atoms with van der Waals surface area (Å²) in [6.07, 6.45) is 102. The molecule has 0 heterocycles. The maximum absolute atomic E-state index is 10.1. The van der Waals surface area contributed by atoms with E-state index in [1.54, 1.807) is 0 Å². The second-order valence-electron chi connectivity index (χ2n) is 39.6. The van der Waals surface area contributed by atoms with Gasteiger partial charge in [-0.1, -0.05) is 420 Å². The van der Waals surface area contributed by atoms with Crippen molar-refractivity contribution in [1.82, 2.24) is 0 Å². The minimum absolute atomic E-state index is 1.12. The zero-order valence-electron chi connectivity index (χ0n) is 80.7. The largest absolute Gasteiger partial charge is 0.790 e. The van der Waals surface area contributed by atoms with Gasteiger partial charge in [0.1, 0.15) is 0 Å². The Morgan fingerprint density at radius 1 is 0.159 bits per heavy atom. The topological polar surface area (TPSA) is 185 Å². The zero-order chi connectivity index (χ0) is 86.4. The summed E-state index contributed by atoms with van der Waals surface area (Å²) in [6, 6.07) is 0. The molecule has 0 aromatic heterocycles. The van der Waals surface area contributed by atoms with Gasteiger partial charge in [-0.15, -0.1) is 0 Å². The van der Waals surface area contributed by atoms with Crippen molar-refractivity contribution in [1.29, 1.82) is 0 Å². The van der Waals surface area contributed by atoms with Gasteiger partial charge in [0.05, 0.1) is 154 Å². The molecule has 0 fully saturated rings. The van der Waals surface area contributed by atoms with Crippen molar-refractivity contribution < 1.29 is 69.2 Å². The summed E-state index contributed by atoms with van der Waals surface area (Å²) in [6.45, 7) is 18.1. The van der Waals surface area contributed by atoms with E-state index in [1.165, 1.54) is 482 Å². The average molecular weight is 1680 g/mol. The Labute approximate surface area is 711 Å². The Morgan fingerprint density at radius 3 is 0.310 bits per heavy atom. The molecule has 0 saturated carbocycles. The van der Waals surface area contributed by atoms with Crippen molar-refractivity contribution >= 4 is 23.5 Å². The minimum Gasteiger partial charge on any atom is -0.790 e. The van der Waals surface area contributed by atoms with Crippen molar-refractivity contribution in [2.45, 2.75) is 484 Å². The van der Waals surface area contributed by atoms with Gasteiger partial charge in [-0.05, 0) is 64.2 Å². The van der Waals surface area contributed by atoms with Gasteiger partial charge in [0.25, 0.3) is 7.82 Å². The first-order valence-corrected chi connectivity index (χ1v) is 53.4. The lowest BCUT2D eigenvalue weighted by Gasteiger charge is -2.40. The van der Waals surface area contributed by atoms with Crippen molar-refractivity contribution in [2.75, 3.05) is 138 Å². The molecule has 0 N–H and O–H groups in total. The summed E-state index contributed by atoms with van der Waals surface area (Å²) >= 11 is 0. The van der Waals surface area contributed by atoms with E-state index in [0.717, 1.165) is 22.4 Å². The molecular weight excluding hydrogens is 1460 g/mol. The summed E-state index contributed by atoms with van der Waals surface area (Å²) in [5, 5.41) is 0. The molecule has 0 aromatic rings. The molecule has 0 bridgehead atoms. The summed E-state index contributed by atoms with van der Waals surface area (Å²) in [5.74, 6) is 0. The van der Waals surface area contributed by atoms with Crippen molar-refractivity contribution in [3.05, 3.63) is 0 Å². The highest BCUT2D eigenvalue weighted by Gasteiger charge is 2.14. The Hall–Kier alpha value is 0.210. The third kappa shape index (κ3) is 144. The summed E-state index contributed by atoms with van der Waals surface area (Å²) < 4.78 is 40.3. The first-order chi connectivity index (χ1) is 53.2. The number of phosphoric acid groups is 3. The van der Waals surface area contributed by atoms with E-state index >= 15 is 0 Å². The van der Waals surface area contributed by atoms with E-state index in [1.807, 2.05) is 0 Å². The number of hydrogen-bond donors (Lipinski definition) is 0.